The molecule has 0 aromatic heterocycles. The zero-order chi connectivity index (χ0) is 23.7. The number of amides is 1. The normalized spacial score (nSPS) is 18.0. The minimum absolute atomic E-state index is 0.146. The number of nitrogens with one attached hydrogen (secondary N) is 1. The van der Waals surface area contributed by atoms with Crippen molar-refractivity contribution in [2.45, 2.75) is 65.3 Å². The van der Waals surface area contributed by atoms with Gasteiger partial charge >= 0.3 is 13.2 Å². The van der Waals surface area contributed by atoms with E-state index in [0.717, 1.165) is 22.6 Å². The standard InChI is InChI=1S/C25H32BNO5/c1-23(2,3)30-22(29)27-15-19(26-31-24(4,5)25(6,7)32-26)14-21-18(16-28)13-12-17-10-8-9-11-20(17)21/h8-14,16H,15H2,1-7H3,(H,27,29). The smallest absolute Gasteiger partial charge is 0.444 e. The lowest BCUT2D eigenvalue weighted by Gasteiger charge is -2.32. The van der Waals surface area contributed by atoms with Gasteiger partial charge in [-0.25, -0.2) is 4.79 Å². The number of benzene rings is 2. The van der Waals surface area contributed by atoms with Crippen molar-refractivity contribution in [2.75, 3.05) is 6.54 Å². The van der Waals surface area contributed by atoms with E-state index in [2.05, 4.69) is 5.32 Å². The van der Waals surface area contributed by atoms with Crippen LogP contribution in [0.5, 0.6) is 0 Å². The van der Waals surface area contributed by atoms with Crippen molar-refractivity contribution in [1.82, 2.24) is 5.32 Å². The van der Waals surface area contributed by atoms with Crippen LogP contribution in [0.3, 0.4) is 0 Å². The van der Waals surface area contributed by atoms with Crippen molar-refractivity contribution < 1.29 is 23.6 Å². The number of carbonyl (C=O) groups excluding carboxylic acids is 2. The Kier molecular flexibility index (Phi) is 6.54. The Morgan fingerprint density at radius 3 is 2.28 bits per heavy atom. The third kappa shape index (κ3) is 5.22. The topological polar surface area (TPSA) is 73.9 Å². The van der Waals surface area contributed by atoms with Crippen molar-refractivity contribution in [3.8, 4) is 0 Å². The van der Waals surface area contributed by atoms with Crippen molar-refractivity contribution in [3.63, 3.8) is 0 Å². The van der Waals surface area contributed by atoms with Gasteiger partial charge in [-0.15, -0.1) is 0 Å². The van der Waals surface area contributed by atoms with Crippen molar-refractivity contribution in [2.24, 2.45) is 0 Å². The summed E-state index contributed by atoms with van der Waals surface area (Å²) in [5, 5.41) is 4.74. The van der Waals surface area contributed by atoms with Crippen LogP contribution in [0.25, 0.3) is 16.8 Å². The highest BCUT2D eigenvalue weighted by Crippen LogP contribution is 2.39. The number of ether oxygens (including phenoxy) is 1. The van der Waals surface area contributed by atoms with Crippen LogP contribution in [0.4, 0.5) is 4.79 Å². The van der Waals surface area contributed by atoms with Gasteiger partial charge in [0.25, 0.3) is 0 Å². The lowest BCUT2D eigenvalue weighted by Crippen LogP contribution is -2.41. The molecule has 32 heavy (non-hydrogen) atoms. The third-order valence-corrected chi connectivity index (χ3v) is 5.85. The lowest BCUT2D eigenvalue weighted by molar-refractivity contribution is 0.00578. The van der Waals surface area contributed by atoms with E-state index in [4.69, 9.17) is 14.0 Å². The van der Waals surface area contributed by atoms with Gasteiger partial charge in [-0.05, 0) is 70.3 Å². The maximum absolute atomic E-state index is 12.3. The maximum atomic E-state index is 12.3. The Morgan fingerprint density at radius 2 is 1.69 bits per heavy atom. The first kappa shape index (κ1) is 24.0. The fourth-order valence-electron chi connectivity index (χ4n) is 3.45. The Hall–Kier alpha value is -2.64. The summed E-state index contributed by atoms with van der Waals surface area (Å²) in [7, 11) is -0.687. The average Bonchev–Trinajstić information content (AvgIpc) is 2.90. The summed E-state index contributed by atoms with van der Waals surface area (Å²) < 4.78 is 17.9. The van der Waals surface area contributed by atoms with E-state index in [-0.39, 0.29) is 6.54 Å². The summed E-state index contributed by atoms with van der Waals surface area (Å²) in [4.78, 5) is 24.1. The van der Waals surface area contributed by atoms with Gasteiger partial charge in [-0.1, -0.05) is 42.5 Å². The summed E-state index contributed by atoms with van der Waals surface area (Å²) in [6, 6.07) is 11.6. The second-order valence-electron chi connectivity index (χ2n) is 10.1. The number of hydrogen-bond acceptors (Lipinski definition) is 5. The van der Waals surface area contributed by atoms with Gasteiger partial charge in [-0.2, -0.15) is 0 Å². The first-order valence-electron chi connectivity index (χ1n) is 10.8. The first-order chi connectivity index (χ1) is 14.8. The molecular formula is C25H32BNO5. The SMILES string of the molecule is CC(C)(C)OC(=O)NCC(=Cc1c(C=O)ccc2ccccc12)B1OC(C)(C)C(C)(C)O1. The number of rotatable bonds is 5. The number of fused-ring (bicyclic) bond motifs is 1. The second kappa shape index (κ2) is 8.72. The highest BCUT2D eigenvalue weighted by Gasteiger charge is 2.52. The molecule has 1 amide bonds. The van der Waals surface area contributed by atoms with Crippen LogP contribution in [-0.4, -0.2) is 42.8 Å². The summed E-state index contributed by atoms with van der Waals surface area (Å²) in [5.41, 5.74) is 0.292. The van der Waals surface area contributed by atoms with Crippen LogP contribution in [0.15, 0.2) is 41.9 Å². The molecule has 0 radical (unpaired) electrons. The number of aldehydes is 1. The first-order valence-corrected chi connectivity index (χ1v) is 10.8. The molecule has 1 N–H and O–H groups in total. The molecule has 0 aliphatic carbocycles. The molecule has 0 unspecified atom stereocenters. The van der Waals surface area contributed by atoms with E-state index in [9.17, 15) is 9.59 Å². The Balaban J connectivity index is 2.03. The number of carbonyl (C=O) groups is 2. The maximum Gasteiger partial charge on any atom is 0.492 e. The minimum atomic E-state index is -0.687. The van der Waals surface area contributed by atoms with Gasteiger partial charge in [0, 0.05) is 12.1 Å². The van der Waals surface area contributed by atoms with Gasteiger partial charge < -0.3 is 19.4 Å². The summed E-state index contributed by atoms with van der Waals surface area (Å²) in [6.07, 6.45) is 2.18. The number of hydrogen-bond donors (Lipinski definition) is 1. The highest BCUT2D eigenvalue weighted by molar-refractivity contribution is 6.56. The van der Waals surface area contributed by atoms with Crippen molar-refractivity contribution in [3.05, 3.63) is 53.0 Å². The molecule has 2 aromatic rings. The molecule has 7 heteroatoms. The molecule has 1 saturated heterocycles. The quantitative estimate of drug-likeness (QED) is 0.515. The van der Waals surface area contributed by atoms with Crippen LogP contribution < -0.4 is 5.32 Å². The predicted octanol–water partition coefficient (Wildman–Crippen LogP) is 5.19. The van der Waals surface area contributed by atoms with Crippen molar-refractivity contribution in [1.29, 1.82) is 0 Å². The van der Waals surface area contributed by atoms with E-state index in [1.54, 1.807) is 6.07 Å². The molecule has 170 valence electrons. The molecule has 0 bridgehead atoms. The molecular weight excluding hydrogens is 405 g/mol. The van der Waals surface area contributed by atoms with Gasteiger partial charge in [0.05, 0.1) is 11.2 Å². The van der Waals surface area contributed by atoms with E-state index in [1.165, 1.54) is 0 Å². The van der Waals surface area contributed by atoms with Gasteiger partial charge in [0.1, 0.15) is 5.60 Å². The Labute approximate surface area is 190 Å². The average molecular weight is 437 g/mol. The summed E-state index contributed by atoms with van der Waals surface area (Å²) in [6.45, 7) is 13.5. The van der Waals surface area contributed by atoms with Crippen LogP contribution >= 0.6 is 0 Å². The van der Waals surface area contributed by atoms with Crippen LogP contribution in [0.1, 0.15) is 64.4 Å². The lowest BCUT2D eigenvalue weighted by atomic mass is 9.76. The zero-order valence-electron chi connectivity index (χ0n) is 19.9. The highest BCUT2D eigenvalue weighted by atomic mass is 16.7. The Bertz CT molecular complexity index is 1040. The Morgan fingerprint density at radius 1 is 1.06 bits per heavy atom. The van der Waals surface area contributed by atoms with E-state index in [1.807, 2.05) is 84.9 Å². The number of alkyl carbamates (subject to hydrolysis) is 1. The minimum Gasteiger partial charge on any atom is -0.444 e. The summed E-state index contributed by atoms with van der Waals surface area (Å²) in [5.74, 6) is 0. The molecule has 1 heterocycles. The third-order valence-electron chi connectivity index (χ3n) is 5.85. The molecule has 1 fully saturated rings. The molecule has 6 nitrogen and oxygen atoms in total. The molecule has 0 atom stereocenters. The van der Waals surface area contributed by atoms with Crippen molar-refractivity contribution >= 4 is 36.3 Å². The fraction of sp³-hybridized carbons (Fsp3) is 0.440. The van der Waals surface area contributed by atoms with Gasteiger partial charge in [0.2, 0.25) is 0 Å². The monoisotopic (exact) mass is 437 g/mol. The molecule has 1 aliphatic heterocycles. The van der Waals surface area contributed by atoms with Gasteiger partial charge in [-0.3, -0.25) is 4.79 Å². The molecule has 2 aromatic carbocycles. The van der Waals surface area contributed by atoms with Crippen LogP contribution in [0.2, 0.25) is 0 Å². The van der Waals surface area contributed by atoms with E-state index in [0.29, 0.717) is 11.0 Å². The fourth-order valence-corrected chi connectivity index (χ4v) is 3.45. The molecule has 0 saturated carbocycles. The van der Waals surface area contributed by atoms with E-state index >= 15 is 0 Å². The van der Waals surface area contributed by atoms with Crippen LogP contribution in [0, 0.1) is 0 Å². The second-order valence-corrected chi connectivity index (χ2v) is 10.1. The largest absolute Gasteiger partial charge is 0.492 e. The predicted molar refractivity (Wildman–Crippen MR) is 128 cm³/mol. The summed E-state index contributed by atoms with van der Waals surface area (Å²) >= 11 is 0. The molecule has 1 aliphatic rings. The van der Waals surface area contributed by atoms with Crippen LogP contribution in [-0.2, 0) is 14.0 Å². The van der Waals surface area contributed by atoms with E-state index < -0.39 is 30.0 Å². The van der Waals surface area contributed by atoms with Gasteiger partial charge in [0.15, 0.2) is 6.29 Å². The zero-order valence-corrected chi connectivity index (χ0v) is 19.9. The molecule has 0 spiro atoms. The molecule has 3 rings (SSSR count).